The Balaban J connectivity index is 2.76. The van der Waals surface area contributed by atoms with Crippen LogP contribution in [0.25, 0.3) is 0 Å². The van der Waals surface area contributed by atoms with Crippen LogP contribution < -0.4 is 0 Å². The molecule has 1 aliphatic rings. The molecule has 0 spiro atoms. The van der Waals surface area contributed by atoms with Crippen molar-refractivity contribution in [3.8, 4) is 0 Å². The summed E-state index contributed by atoms with van der Waals surface area (Å²) in [6, 6.07) is 0. The van der Waals surface area contributed by atoms with Crippen LogP contribution in [0, 0.1) is 11.8 Å². The second-order valence-corrected chi connectivity index (χ2v) is 4.73. The average molecular weight is 192 g/mol. The van der Waals surface area contributed by atoms with Crippen LogP contribution >= 0.6 is 0 Å². The molecule has 1 aliphatic carbocycles. The van der Waals surface area contributed by atoms with Gasteiger partial charge in [-0.15, -0.1) is 0 Å². The highest BCUT2D eigenvalue weighted by Gasteiger charge is 2.20. The van der Waals surface area contributed by atoms with Gasteiger partial charge in [0, 0.05) is 0 Å². The number of hydrogen-bond acceptors (Lipinski definition) is 0. The lowest BCUT2D eigenvalue weighted by Crippen LogP contribution is -2.15. The summed E-state index contributed by atoms with van der Waals surface area (Å²) >= 11 is 0. The number of hydrogen-bond donors (Lipinski definition) is 0. The molecule has 0 aromatic rings. The van der Waals surface area contributed by atoms with Crippen molar-refractivity contribution < 1.29 is 0 Å². The largest absolute Gasteiger partial charge is 0.0874 e. The standard InChI is InChI=1S/C14H24/c1-5-7-14-10-13(11(3)4)9-8-12(14)6-2/h5,7,11,13H,6,8-10H2,1-4H3. The Morgan fingerprint density at radius 2 is 2.14 bits per heavy atom. The minimum absolute atomic E-state index is 0.841. The quantitative estimate of drug-likeness (QED) is 0.606. The van der Waals surface area contributed by atoms with Crippen molar-refractivity contribution >= 4 is 0 Å². The van der Waals surface area contributed by atoms with Crippen LogP contribution in [0.15, 0.2) is 23.3 Å². The molecule has 80 valence electrons. The molecular weight excluding hydrogens is 168 g/mol. The van der Waals surface area contributed by atoms with Crippen molar-refractivity contribution in [3.63, 3.8) is 0 Å². The zero-order valence-electron chi connectivity index (χ0n) is 10.1. The molecule has 0 N–H and O–H groups in total. The maximum Gasteiger partial charge on any atom is -0.0248 e. The average Bonchev–Trinajstić information content (AvgIpc) is 2.18. The van der Waals surface area contributed by atoms with Crippen LogP contribution in [0.3, 0.4) is 0 Å². The SMILES string of the molecule is CC=CC1=C(CC)CCC(C(C)C)C1. The fourth-order valence-corrected chi connectivity index (χ4v) is 2.41. The maximum absolute atomic E-state index is 2.36. The minimum Gasteiger partial charge on any atom is -0.0874 e. The zero-order valence-corrected chi connectivity index (χ0v) is 10.1. The van der Waals surface area contributed by atoms with Crippen LogP contribution in [-0.4, -0.2) is 0 Å². The Morgan fingerprint density at radius 1 is 1.43 bits per heavy atom. The van der Waals surface area contributed by atoms with Gasteiger partial charge >= 0.3 is 0 Å². The topological polar surface area (TPSA) is 0 Å². The molecule has 0 aliphatic heterocycles. The van der Waals surface area contributed by atoms with Gasteiger partial charge < -0.3 is 0 Å². The first-order valence-electron chi connectivity index (χ1n) is 6.02. The molecule has 0 bridgehead atoms. The lowest BCUT2D eigenvalue weighted by Gasteiger charge is -2.28. The highest BCUT2D eigenvalue weighted by atomic mass is 14.3. The maximum atomic E-state index is 2.36. The molecule has 0 aromatic carbocycles. The van der Waals surface area contributed by atoms with Gasteiger partial charge in [0.15, 0.2) is 0 Å². The highest BCUT2D eigenvalue weighted by molar-refractivity contribution is 5.28. The summed E-state index contributed by atoms with van der Waals surface area (Å²) in [6.07, 6.45) is 9.80. The van der Waals surface area contributed by atoms with E-state index in [1.807, 2.05) is 0 Å². The van der Waals surface area contributed by atoms with Gasteiger partial charge in [-0.1, -0.05) is 38.5 Å². The van der Waals surface area contributed by atoms with Crippen molar-refractivity contribution in [2.24, 2.45) is 11.8 Å². The summed E-state index contributed by atoms with van der Waals surface area (Å²) in [6.45, 7) is 9.12. The molecule has 0 fully saturated rings. The van der Waals surface area contributed by atoms with Gasteiger partial charge in [0.2, 0.25) is 0 Å². The third-order valence-electron chi connectivity index (χ3n) is 3.49. The molecule has 0 amide bonds. The molecule has 0 saturated carbocycles. The second kappa shape index (κ2) is 5.38. The second-order valence-electron chi connectivity index (χ2n) is 4.73. The van der Waals surface area contributed by atoms with Crippen LogP contribution in [0.2, 0.25) is 0 Å². The predicted molar refractivity (Wildman–Crippen MR) is 64.3 cm³/mol. The smallest absolute Gasteiger partial charge is 0.0248 e. The molecule has 0 heteroatoms. The van der Waals surface area contributed by atoms with Crippen molar-refractivity contribution in [2.45, 2.75) is 53.4 Å². The highest BCUT2D eigenvalue weighted by Crippen LogP contribution is 2.35. The van der Waals surface area contributed by atoms with Crippen LogP contribution in [0.1, 0.15) is 53.4 Å². The fourth-order valence-electron chi connectivity index (χ4n) is 2.41. The van der Waals surface area contributed by atoms with E-state index in [1.165, 1.54) is 25.7 Å². The predicted octanol–water partition coefficient (Wildman–Crippen LogP) is 4.73. The molecule has 1 unspecified atom stereocenters. The minimum atomic E-state index is 0.841. The first-order valence-corrected chi connectivity index (χ1v) is 6.02. The molecule has 0 heterocycles. The fraction of sp³-hybridized carbons (Fsp3) is 0.714. The van der Waals surface area contributed by atoms with Crippen molar-refractivity contribution in [3.05, 3.63) is 23.3 Å². The normalized spacial score (nSPS) is 23.9. The molecule has 0 radical (unpaired) electrons. The van der Waals surface area contributed by atoms with Crippen molar-refractivity contribution in [1.29, 1.82) is 0 Å². The van der Waals surface area contributed by atoms with Gasteiger partial charge in [-0.05, 0) is 50.0 Å². The van der Waals surface area contributed by atoms with E-state index in [2.05, 4.69) is 39.8 Å². The Morgan fingerprint density at radius 3 is 2.64 bits per heavy atom. The van der Waals surface area contributed by atoms with E-state index in [0.717, 1.165) is 11.8 Å². The lowest BCUT2D eigenvalue weighted by molar-refractivity contribution is 0.342. The van der Waals surface area contributed by atoms with Crippen LogP contribution in [0.4, 0.5) is 0 Å². The van der Waals surface area contributed by atoms with Gasteiger partial charge in [0.1, 0.15) is 0 Å². The van der Waals surface area contributed by atoms with Crippen LogP contribution in [0.5, 0.6) is 0 Å². The Labute approximate surface area is 89.1 Å². The third-order valence-corrected chi connectivity index (χ3v) is 3.49. The van der Waals surface area contributed by atoms with E-state index in [9.17, 15) is 0 Å². The summed E-state index contributed by atoms with van der Waals surface area (Å²) in [5, 5.41) is 0. The number of allylic oxidation sites excluding steroid dienone is 4. The van der Waals surface area contributed by atoms with Crippen molar-refractivity contribution in [1.82, 2.24) is 0 Å². The third kappa shape index (κ3) is 2.73. The van der Waals surface area contributed by atoms with E-state index in [4.69, 9.17) is 0 Å². The van der Waals surface area contributed by atoms with E-state index < -0.39 is 0 Å². The zero-order chi connectivity index (χ0) is 10.6. The molecule has 14 heavy (non-hydrogen) atoms. The van der Waals surface area contributed by atoms with Crippen molar-refractivity contribution in [2.75, 3.05) is 0 Å². The summed E-state index contributed by atoms with van der Waals surface area (Å²) in [5.41, 5.74) is 3.32. The first kappa shape index (κ1) is 11.6. The number of rotatable bonds is 3. The van der Waals surface area contributed by atoms with E-state index in [1.54, 1.807) is 11.1 Å². The first-order chi connectivity index (χ1) is 6.69. The van der Waals surface area contributed by atoms with Crippen LogP contribution in [-0.2, 0) is 0 Å². The van der Waals surface area contributed by atoms with Gasteiger partial charge in [-0.25, -0.2) is 0 Å². The Hall–Kier alpha value is -0.520. The lowest BCUT2D eigenvalue weighted by atomic mass is 9.77. The van der Waals surface area contributed by atoms with Gasteiger partial charge in [-0.2, -0.15) is 0 Å². The molecular formula is C14H24. The van der Waals surface area contributed by atoms with Gasteiger partial charge in [0.05, 0.1) is 0 Å². The van der Waals surface area contributed by atoms with Gasteiger partial charge in [0.25, 0.3) is 0 Å². The summed E-state index contributed by atoms with van der Waals surface area (Å²) in [5.74, 6) is 1.75. The summed E-state index contributed by atoms with van der Waals surface area (Å²) in [7, 11) is 0. The Bertz CT molecular complexity index is 230. The van der Waals surface area contributed by atoms with E-state index in [0.29, 0.717) is 0 Å². The monoisotopic (exact) mass is 192 g/mol. The summed E-state index contributed by atoms with van der Waals surface area (Å²) in [4.78, 5) is 0. The molecule has 0 aromatic heterocycles. The Kier molecular flexibility index (Phi) is 4.44. The molecule has 0 nitrogen and oxygen atoms in total. The molecule has 0 saturated heterocycles. The van der Waals surface area contributed by atoms with E-state index >= 15 is 0 Å². The summed E-state index contributed by atoms with van der Waals surface area (Å²) < 4.78 is 0. The van der Waals surface area contributed by atoms with E-state index in [-0.39, 0.29) is 0 Å². The molecule has 1 rings (SSSR count). The molecule has 1 atom stereocenters. The van der Waals surface area contributed by atoms with Gasteiger partial charge in [-0.3, -0.25) is 0 Å².